The van der Waals surface area contributed by atoms with Crippen molar-refractivity contribution < 1.29 is 26.6 Å². The molecule has 0 saturated carbocycles. The van der Waals surface area contributed by atoms with Crippen LogP contribution in [0.2, 0.25) is 38.3 Å². The molecule has 0 aromatic heterocycles. The summed E-state index contributed by atoms with van der Waals surface area (Å²) in [5, 5.41) is 6.72. The molecule has 0 aliphatic heterocycles. The van der Waals surface area contributed by atoms with E-state index >= 15 is 0 Å². The first-order chi connectivity index (χ1) is 19.5. The van der Waals surface area contributed by atoms with Gasteiger partial charge in [0, 0.05) is 67.5 Å². The molecule has 1 aromatic carbocycles. The van der Waals surface area contributed by atoms with Gasteiger partial charge in [0.2, 0.25) is 0 Å². The molecule has 0 saturated heterocycles. The lowest BCUT2D eigenvalue weighted by molar-refractivity contribution is 0.114. The smallest absolute Gasteiger partial charge is 0.377 e. The second-order valence-electron chi connectivity index (χ2n) is 10.7. The van der Waals surface area contributed by atoms with Gasteiger partial charge in [-0.1, -0.05) is 50.4 Å². The summed E-state index contributed by atoms with van der Waals surface area (Å²) in [5.41, 5.74) is 4.51. The molecule has 0 spiro atoms. The van der Waals surface area contributed by atoms with Gasteiger partial charge in [0.25, 0.3) is 0 Å². The minimum atomic E-state index is -2.88. The molecule has 0 bridgehead atoms. The van der Waals surface area contributed by atoms with E-state index in [-0.39, 0.29) is 5.54 Å². The molecular formula is C28H58N2O6Si5. The van der Waals surface area contributed by atoms with Crippen molar-refractivity contribution in [1.82, 2.24) is 5.32 Å². The fraction of sp³-hybridized carbons (Fsp3) is 0.786. The number of hydrogen-bond donors (Lipinski definition) is 1. The summed E-state index contributed by atoms with van der Waals surface area (Å²) >= 11 is 0. The van der Waals surface area contributed by atoms with E-state index in [9.17, 15) is 0 Å². The molecule has 0 aliphatic rings. The van der Waals surface area contributed by atoms with E-state index in [0.29, 0.717) is 0 Å². The van der Waals surface area contributed by atoms with Gasteiger partial charge in [-0.3, -0.25) is 0 Å². The Morgan fingerprint density at radius 3 is 1.88 bits per heavy atom. The molecule has 4 radical (unpaired) electrons. The first-order valence-corrected chi connectivity index (χ1v) is 24.9. The molecule has 1 unspecified atom stereocenters. The molecule has 8 nitrogen and oxygen atoms in total. The van der Waals surface area contributed by atoms with Crippen molar-refractivity contribution in [2.45, 2.75) is 77.4 Å². The van der Waals surface area contributed by atoms with E-state index in [1.165, 1.54) is 22.5 Å². The third kappa shape index (κ3) is 9.91. The lowest BCUT2D eigenvalue weighted by atomic mass is 10.0. The summed E-state index contributed by atoms with van der Waals surface area (Å²) in [6.45, 7) is 19.5. The van der Waals surface area contributed by atoms with Crippen LogP contribution in [0.25, 0.3) is 0 Å². The standard InChI is InChI=1S/C28H58N2O6Si5/c1-14-30(15-2)27-24(17-19-37-22-29-18-16-20-40(31-4,32-5)33-6)28(39(12)13)25(21-26(27)38(10)11)23(3)41(34-7,35-8)36-9/h21,23,29H,14-20,22H2,1-13H3. The van der Waals surface area contributed by atoms with Crippen molar-refractivity contribution in [3.63, 3.8) is 0 Å². The van der Waals surface area contributed by atoms with E-state index in [1.54, 1.807) is 53.4 Å². The maximum atomic E-state index is 6.01. The van der Waals surface area contributed by atoms with Gasteiger partial charge in [0.05, 0.1) is 32.7 Å². The minimum absolute atomic E-state index is 0.0630. The Morgan fingerprint density at radius 1 is 0.878 bits per heavy atom. The molecule has 41 heavy (non-hydrogen) atoms. The summed E-state index contributed by atoms with van der Waals surface area (Å²) in [7, 11) is 4.20. The highest BCUT2D eigenvalue weighted by molar-refractivity contribution is 6.75. The average molecular weight is 659 g/mol. The third-order valence-electron chi connectivity index (χ3n) is 7.97. The number of nitrogens with one attached hydrogen (secondary N) is 1. The maximum Gasteiger partial charge on any atom is 0.507 e. The highest BCUT2D eigenvalue weighted by Crippen LogP contribution is 2.31. The van der Waals surface area contributed by atoms with E-state index in [1.807, 2.05) is 0 Å². The summed E-state index contributed by atoms with van der Waals surface area (Å²) in [6, 6.07) is 4.50. The summed E-state index contributed by atoms with van der Waals surface area (Å²) in [6.07, 6.45) is 3.10. The summed E-state index contributed by atoms with van der Waals surface area (Å²) in [5.74, 6) is 0. The second kappa shape index (κ2) is 19.3. The number of benzene rings is 1. The molecule has 1 rings (SSSR count). The Morgan fingerprint density at radius 2 is 1.44 bits per heavy atom. The van der Waals surface area contributed by atoms with Crippen molar-refractivity contribution in [2.24, 2.45) is 0 Å². The van der Waals surface area contributed by atoms with E-state index in [4.69, 9.17) is 26.6 Å². The van der Waals surface area contributed by atoms with Gasteiger partial charge < -0.3 is 36.8 Å². The fourth-order valence-corrected chi connectivity index (χ4v) is 13.6. The highest BCUT2D eigenvalue weighted by Gasteiger charge is 2.47. The third-order valence-corrected chi connectivity index (χ3v) is 18.0. The normalized spacial score (nSPS) is 13.4. The van der Waals surface area contributed by atoms with Crippen LogP contribution < -0.4 is 20.6 Å². The van der Waals surface area contributed by atoms with Gasteiger partial charge in [-0.2, -0.15) is 0 Å². The number of hydrogen-bond acceptors (Lipinski definition) is 8. The van der Waals surface area contributed by atoms with Crippen LogP contribution in [-0.2, 0) is 33.0 Å². The van der Waals surface area contributed by atoms with E-state index in [0.717, 1.165) is 54.2 Å². The van der Waals surface area contributed by atoms with Crippen LogP contribution in [0.5, 0.6) is 0 Å². The zero-order chi connectivity index (χ0) is 31.2. The molecule has 0 heterocycles. The quantitative estimate of drug-likeness (QED) is 0.150. The predicted molar refractivity (Wildman–Crippen MR) is 183 cm³/mol. The Labute approximate surface area is 259 Å². The lowest BCUT2D eigenvalue weighted by Gasteiger charge is -2.36. The molecular weight excluding hydrogens is 601 g/mol. The SMILES string of the molecule is CCN(CC)c1c([Si](C)C)cc(C(C)[Si](OC)(OC)OC)c([Si](C)C)c1CC[Si]CNCCC[Si](OC)(OC)OC. The molecule has 0 fully saturated rings. The van der Waals surface area contributed by atoms with Crippen LogP contribution in [0.3, 0.4) is 0 Å². The second-order valence-corrected chi connectivity index (χ2v) is 23.4. The van der Waals surface area contributed by atoms with Crippen LogP contribution in [-0.4, -0.2) is 113 Å². The van der Waals surface area contributed by atoms with Crippen molar-refractivity contribution in [2.75, 3.05) is 73.4 Å². The van der Waals surface area contributed by atoms with Gasteiger partial charge in [-0.15, -0.1) is 0 Å². The molecule has 0 amide bonds. The van der Waals surface area contributed by atoms with Crippen molar-refractivity contribution in [1.29, 1.82) is 0 Å². The highest BCUT2D eigenvalue weighted by atomic mass is 28.4. The molecule has 1 N–H and O–H groups in total. The van der Waals surface area contributed by atoms with Gasteiger partial charge in [0.1, 0.15) is 0 Å². The van der Waals surface area contributed by atoms with Crippen LogP contribution in [0.15, 0.2) is 6.07 Å². The monoisotopic (exact) mass is 658 g/mol. The van der Waals surface area contributed by atoms with Gasteiger partial charge in [-0.05, 0) is 55.7 Å². The van der Waals surface area contributed by atoms with Gasteiger partial charge in [0.15, 0.2) is 0 Å². The average Bonchev–Trinajstić information content (AvgIpc) is 2.98. The summed E-state index contributed by atoms with van der Waals surface area (Å²) < 4.78 is 34.7. The van der Waals surface area contributed by atoms with Crippen LogP contribution in [0.1, 0.15) is 43.9 Å². The Hall–Kier alpha value is -0.176. The zero-order valence-electron chi connectivity index (χ0n) is 28.2. The first kappa shape index (κ1) is 38.8. The van der Waals surface area contributed by atoms with Crippen molar-refractivity contribution in [3.8, 4) is 0 Å². The Bertz CT molecular complexity index is 867. The van der Waals surface area contributed by atoms with Crippen LogP contribution in [0.4, 0.5) is 5.69 Å². The maximum absolute atomic E-state index is 6.01. The zero-order valence-corrected chi connectivity index (χ0v) is 33.2. The van der Waals surface area contributed by atoms with Gasteiger partial charge in [-0.25, -0.2) is 0 Å². The van der Waals surface area contributed by atoms with Crippen molar-refractivity contribution >= 4 is 60.8 Å². The van der Waals surface area contributed by atoms with E-state index < -0.39 is 35.2 Å². The lowest BCUT2D eigenvalue weighted by Crippen LogP contribution is -2.51. The van der Waals surface area contributed by atoms with Crippen LogP contribution in [0, 0.1) is 0 Å². The Balaban J connectivity index is 3.34. The minimum Gasteiger partial charge on any atom is -0.377 e. The van der Waals surface area contributed by atoms with Gasteiger partial charge >= 0.3 is 17.6 Å². The number of rotatable bonds is 22. The molecule has 0 aliphatic carbocycles. The summed E-state index contributed by atoms with van der Waals surface area (Å²) in [4.78, 5) is 2.59. The molecule has 1 atom stereocenters. The molecule has 236 valence electrons. The topological polar surface area (TPSA) is 70.7 Å². The molecule has 1 aromatic rings. The first-order valence-electron chi connectivity index (χ1n) is 14.8. The number of anilines is 1. The predicted octanol–water partition coefficient (Wildman–Crippen LogP) is 3.46. The largest absolute Gasteiger partial charge is 0.507 e. The van der Waals surface area contributed by atoms with E-state index in [2.05, 4.69) is 63.2 Å². The van der Waals surface area contributed by atoms with Crippen molar-refractivity contribution in [3.05, 3.63) is 17.2 Å². The Kier molecular flexibility index (Phi) is 18.3. The van der Waals surface area contributed by atoms with Crippen LogP contribution >= 0.6 is 0 Å². The molecule has 13 heteroatoms. The fourth-order valence-electron chi connectivity index (χ4n) is 5.64. The number of nitrogens with zero attached hydrogens (tertiary/aromatic N) is 1.